The standard InChI is InChI=1S/C18H26ClF3N2O2/c1-12(11-23-9-5-6-16(25)26-17(2,3)4)24-13-7-8-14(15(19)10-13)18(20,21)22/h7-8,10,12,23-24H,5-6,9,11H2,1-4H3. The molecule has 2 N–H and O–H groups in total. The first kappa shape index (κ1) is 22.6. The van der Waals surface area contributed by atoms with E-state index in [9.17, 15) is 18.0 Å². The minimum atomic E-state index is -4.46. The molecule has 0 fully saturated rings. The van der Waals surface area contributed by atoms with E-state index >= 15 is 0 Å². The van der Waals surface area contributed by atoms with Crippen LogP contribution in [0.4, 0.5) is 18.9 Å². The van der Waals surface area contributed by atoms with Crippen molar-refractivity contribution < 1.29 is 22.7 Å². The summed E-state index contributed by atoms with van der Waals surface area (Å²) < 4.78 is 43.3. The molecule has 1 atom stereocenters. The lowest BCUT2D eigenvalue weighted by Gasteiger charge is -2.19. The minimum absolute atomic E-state index is 0.0238. The molecule has 0 aromatic heterocycles. The Kier molecular flexibility index (Phi) is 8.21. The van der Waals surface area contributed by atoms with Gasteiger partial charge in [0.05, 0.1) is 10.6 Å². The Hall–Kier alpha value is -1.47. The fraction of sp³-hybridized carbons (Fsp3) is 0.611. The summed E-state index contributed by atoms with van der Waals surface area (Å²) in [5.74, 6) is -0.232. The number of ether oxygens (including phenoxy) is 1. The molecule has 148 valence electrons. The predicted octanol–water partition coefficient (Wildman–Crippen LogP) is 4.87. The van der Waals surface area contributed by atoms with Crippen LogP contribution in [0.15, 0.2) is 18.2 Å². The second kappa shape index (κ2) is 9.46. The van der Waals surface area contributed by atoms with Gasteiger partial charge in [0.2, 0.25) is 0 Å². The number of esters is 1. The van der Waals surface area contributed by atoms with Gasteiger partial charge in [0.25, 0.3) is 0 Å². The van der Waals surface area contributed by atoms with Crippen LogP contribution in [0, 0.1) is 0 Å². The van der Waals surface area contributed by atoms with E-state index in [1.807, 2.05) is 27.7 Å². The molecule has 0 heterocycles. The fourth-order valence-electron chi connectivity index (χ4n) is 2.24. The molecule has 0 radical (unpaired) electrons. The molecular weight excluding hydrogens is 369 g/mol. The normalized spacial score (nSPS) is 13.4. The maximum atomic E-state index is 12.7. The van der Waals surface area contributed by atoms with E-state index in [0.29, 0.717) is 31.6 Å². The summed E-state index contributed by atoms with van der Waals surface area (Å²) in [5, 5.41) is 5.94. The molecule has 0 aliphatic heterocycles. The lowest BCUT2D eigenvalue weighted by Crippen LogP contribution is -2.31. The van der Waals surface area contributed by atoms with Crippen LogP contribution in [0.25, 0.3) is 0 Å². The number of halogens is 4. The fourth-order valence-corrected chi connectivity index (χ4v) is 2.53. The van der Waals surface area contributed by atoms with Crippen molar-refractivity contribution >= 4 is 23.3 Å². The van der Waals surface area contributed by atoms with Gasteiger partial charge in [-0.25, -0.2) is 0 Å². The van der Waals surface area contributed by atoms with E-state index in [-0.39, 0.29) is 17.0 Å². The molecule has 1 aromatic rings. The van der Waals surface area contributed by atoms with E-state index in [1.54, 1.807) is 0 Å². The maximum Gasteiger partial charge on any atom is 0.417 e. The zero-order valence-electron chi connectivity index (χ0n) is 15.5. The van der Waals surface area contributed by atoms with E-state index < -0.39 is 17.3 Å². The van der Waals surface area contributed by atoms with Gasteiger partial charge in [-0.3, -0.25) is 4.79 Å². The molecule has 0 saturated heterocycles. The SMILES string of the molecule is CC(CNCCCC(=O)OC(C)(C)C)Nc1ccc(C(F)(F)F)c(Cl)c1. The van der Waals surface area contributed by atoms with Gasteiger partial charge in [-0.15, -0.1) is 0 Å². The number of nitrogens with one attached hydrogen (secondary N) is 2. The van der Waals surface area contributed by atoms with Crippen molar-refractivity contribution in [3.8, 4) is 0 Å². The lowest BCUT2D eigenvalue weighted by molar-refractivity contribution is -0.154. The Morgan fingerprint density at radius 2 is 1.92 bits per heavy atom. The van der Waals surface area contributed by atoms with Crippen molar-refractivity contribution in [2.45, 2.75) is 58.4 Å². The highest BCUT2D eigenvalue weighted by Crippen LogP contribution is 2.35. The van der Waals surface area contributed by atoms with Crippen LogP contribution in [0.3, 0.4) is 0 Å². The second-order valence-electron chi connectivity index (χ2n) is 7.13. The Balaban J connectivity index is 2.32. The first-order valence-electron chi connectivity index (χ1n) is 8.44. The molecule has 0 bridgehead atoms. The Labute approximate surface area is 157 Å². The van der Waals surface area contributed by atoms with Crippen molar-refractivity contribution in [2.24, 2.45) is 0 Å². The number of alkyl halides is 3. The maximum absolute atomic E-state index is 12.7. The smallest absolute Gasteiger partial charge is 0.417 e. The molecule has 0 aliphatic carbocycles. The summed E-state index contributed by atoms with van der Waals surface area (Å²) >= 11 is 5.70. The first-order chi connectivity index (χ1) is 11.9. The molecule has 1 rings (SSSR count). The van der Waals surface area contributed by atoms with Crippen LogP contribution in [-0.4, -0.2) is 30.7 Å². The third-order valence-electron chi connectivity index (χ3n) is 3.29. The van der Waals surface area contributed by atoms with Crippen molar-refractivity contribution in [2.75, 3.05) is 18.4 Å². The van der Waals surface area contributed by atoms with Crippen LogP contribution in [0.5, 0.6) is 0 Å². The van der Waals surface area contributed by atoms with E-state index in [1.165, 1.54) is 12.1 Å². The predicted molar refractivity (Wildman–Crippen MR) is 97.5 cm³/mol. The van der Waals surface area contributed by atoms with E-state index in [2.05, 4.69) is 10.6 Å². The van der Waals surface area contributed by atoms with Crippen LogP contribution >= 0.6 is 11.6 Å². The summed E-state index contributed by atoms with van der Waals surface area (Å²) in [6, 6.07) is 3.56. The van der Waals surface area contributed by atoms with Crippen LogP contribution < -0.4 is 10.6 Å². The Bertz CT molecular complexity index is 601. The molecule has 0 aliphatic rings. The topological polar surface area (TPSA) is 50.4 Å². The number of rotatable bonds is 8. The molecule has 8 heteroatoms. The summed E-state index contributed by atoms with van der Waals surface area (Å²) in [5.41, 5.74) is -0.810. The molecule has 26 heavy (non-hydrogen) atoms. The first-order valence-corrected chi connectivity index (χ1v) is 8.82. The molecule has 0 spiro atoms. The van der Waals surface area contributed by atoms with Crippen LogP contribution in [0.1, 0.15) is 46.1 Å². The van der Waals surface area contributed by atoms with Gasteiger partial charge in [0.1, 0.15) is 5.60 Å². The zero-order chi connectivity index (χ0) is 20.0. The van der Waals surface area contributed by atoms with E-state index in [4.69, 9.17) is 16.3 Å². The van der Waals surface area contributed by atoms with Crippen molar-refractivity contribution in [3.05, 3.63) is 28.8 Å². The molecule has 0 amide bonds. The largest absolute Gasteiger partial charge is 0.460 e. The summed E-state index contributed by atoms with van der Waals surface area (Å²) in [7, 11) is 0. The average molecular weight is 395 g/mol. The van der Waals surface area contributed by atoms with Crippen molar-refractivity contribution in [3.63, 3.8) is 0 Å². The average Bonchev–Trinajstić information content (AvgIpc) is 2.43. The van der Waals surface area contributed by atoms with Gasteiger partial charge in [-0.1, -0.05) is 11.6 Å². The number of carbonyl (C=O) groups is 1. The highest BCUT2D eigenvalue weighted by Gasteiger charge is 2.33. The summed E-state index contributed by atoms with van der Waals surface area (Å²) in [6.07, 6.45) is -3.48. The molecule has 0 saturated carbocycles. The quantitative estimate of drug-likeness (QED) is 0.488. The molecule has 1 unspecified atom stereocenters. The molecule has 4 nitrogen and oxygen atoms in total. The van der Waals surface area contributed by atoms with Gasteiger partial charge in [0.15, 0.2) is 0 Å². The number of benzene rings is 1. The molecule has 1 aromatic carbocycles. The second-order valence-corrected chi connectivity index (χ2v) is 7.54. The van der Waals surface area contributed by atoms with Gasteiger partial charge in [0, 0.05) is 24.7 Å². The van der Waals surface area contributed by atoms with Gasteiger partial charge in [-0.2, -0.15) is 13.2 Å². The highest BCUT2D eigenvalue weighted by molar-refractivity contribution is 6.31. The third-order valence-corrected chi connectivity index (χ3v) is 3.61. The number of hydrogen-bond donors (Lipinski definition) is 2. The number of hydrogen-bond acceptors (Lipinski definition) is 4. The van der Waals surface area contributed by atoms with Crippen LogP contribution in [-0.2, 0) is 15.7 Å². The summed E-state index contributed by atoms with van der Waals surface area (Å²) in [6.45, 7) is 8.59. The van der Waals surface area contributed by atoms with Gasteiger partial charge >= 0.3 is 12.1 Å². The van der Waals surface area contributed by atoms with Gasteiger partial charge in [-0.05, 0) is 58.9 Å². The van der Waals surface area contributed by atoms with E-state index in [0.717, 1.165) is 6.07 Å². The monoisotopic (exact) mass is 394 g/mol. The van der Waals surface area contributed by atoms with Gasteiger partial charge < -0.3 is 15.4 Å². The van der Waals surface area contributed by atoms with Crippen LogP contribution in [0.2, 0.25) is 5.02 Å². The Morgan fingerprint density at radius 3 is 2.46 bits per heavy atom. The number of carbonyl (C=O) groups excluding carboxylic acids is 1. The molecular formula is C18H26ClF3N2O2. The van der Waals surface area contributed by atoms with Crippen molar-refractivity contribution in [1.29, 1.82) is 0 Å². The summed E-state index contributed by atoms with van der Waals surface area (Å²) in [4.78, 5) is 11.6. The zero-order valence-corrected chi connectivity index (χ0v) is 16.2. The Morgan fingerprint density at radius 1 is 1.27 bits per heavy atom. The van der Waals surface area contributed by atoms with Crippen molar-refractivity contribution in [1.82, 2.24) is 5.32 Å². The number of anilines is 1. The highest BCUT2D eigenvalue weighted by atomic mass is 35.5. The lowest BCUT2D eigenvalue weighted by atomic mass is 10.2. The third kappa shape index (κ3) is 8.76. The minimum Gasteiger partial charge on any atom is -0.460 e.